The molecule has 0 aliphatic carbocycles. The van der Waals surface area contributed by atoms with E-state index < -0.39 is 11.7 Å². The van der Waals surface area contributed by atoms with Crippen LogP contribution in [0.15, 0.2) is 24.3 Å². The number of methoxy groups -OCH3 is 1. The summed E-state index contributed by atoms with van der Waals surface area (Å²) in [4.78, 5) is 15.8. The number of halogens is 1. The van der Waals surface area contributed by atoms with Gasteiger partial charge in [0.05, 0.1) is 12.7 Å². The summed E-state index contributed by atoms with van der Waals surface area (Å²) in [5.41, 5.74) is 6.93. The minimum atomic E-state index is -0.764. The van der Waals surface area contributed by atoms with Gasteiger partial charge >= 0.3 is 0 Å². The lowest BCUT2D eigenvalue weighted by Gasteiger charge is -2.15. The van der Waals surface area contributed by atoms with Crippen molar-refractivity contribution < 1.29 is 13.9 Å². The van der Waals surface area contributed by atoms with Crippen molar-refractivity contribution in [2.75, 3.05) is 17.7 Å². The summed E-state index contributed by atoms with van der Waals surface area (Å²) in [5, 5.41) is 5.91. The Bertz CT molecular complexity index is 762. The molecule has 2 aromatic rings. The second-order valence-electron chi connectivity index (χ2n) is 5.74. The average molecular weight is 332 g/mol. The molecule has 2 rings (SSSR count). The van der Waals surface area contributed by atoms with E-state index in [1.165, 1.54) is 0 Å². The number of aromatic nitrogens is 1. The molecule has 0 aliphatic heterocycles. The molecule has 4 N–H and O–H groups in total. The Kier molecular flexibility index (Phi) is 5.23. The van der Waals surface area contributed by atoms with Crippen LogP contribution in [0, 0.1) is 12.7 Å². The van der Waals surface area contributed by atoms with E-state index in [9.17, 15) is 9.18 Å². The first-order chi connectivity index (χ1) is 11.3. The van der Waals surface area contributed by atoms with Crippen molar-refractivity contribution in [3.8, 4) is 5.75 Å². The first-order valence-electron chi connectivity index (χ1n) is 7.49. The third-order valence-electron chi connectivity index (χ3n) is 3.22. The number of ether oxygens (including phenoxy) is 1. The minimum absolute atomic E-state index is 0.0154. The molecule has 6 nitrogen and oxygen atoms in total. The minimum Gasteiger partial charge on any atom is -0.497 e. The first-order valence-corrected chi connectivity index (χ1v) is 7.49. The van der Waals surface area contributed by atoms with Crippen LogP contribution in [0.4, 0.5) is 21.7 Å². The number of nitrogens with zero attached hydrogens (tertiary/aromatic N) is 1. The maximum Gasteiger partial charge on any atom is 0.252 e. The lowest BCUT2D eigenvalue weighted by atomic mass is 10.2. The van der Waals surface area contributed by atoms with Crippen LogP contribution < -0.4 is 21.1 Å². The van der Waals surface area contributed by atoms with Gasteiger partial charge in [-0.25, -0.2) is 9.37 Å². The van der Waals surface area contributed by atoms with Crippen LogP contribution in [0.25, 0.3) is 0 Å². The van der Waals surface area contributed by atoms with E-state index >= 15 is 0 Å². The van der Waals surface area contributed by atoms with Crippen LogP contribution in [0.3, 0.4) is 0 Å². The van der Waals surface area contributed by atoms with Gasteiger partial charge in [0.1, 0.15) is 11.6 Å². The SMILES string of the molecule is COc1cc(C)cc(Nc2nc(NC(C)C)c(F)cc2C(N)=O)c1. The van der Waals surface area contributed by atoms with Crippen LogP contribution in [0.2, 0.25) is 0 Å². The van der Waals surface area contributed by atoms with Crippen molar-refractivity contribution in [3.05, 3.63) is 41.2 Å². The van der Waals surface area contributed by atoms with Gasteiger partial charge in [0, 0.05) is 17.8 Å². The zero-order valence-electron chi connectivity index (χ0n) is 14.1. The van der Waals surface area contributed by atoms with Crippen LogP contribution in [-0.2, 0) is 0 Å². The van der Waals surface area contributed by atoms with Crippen molar-refractivity contribution in [1.29, 1.82) is 0 Å². The monoisotopic (exact) mass is 332 g/mol. The summed E-state index contributed by atoms with van der Waals surface area (Å²) in [7, 11) is 1.56. The fourth-order valence-electron chi connectivity index (χ4n) is 2.22. The van der Waals surface area contributed by atoms with Gasteiger partial charge in [-0.05, 0) is 44.5 Å². The molecule has 0 bridgehead atoms. The topological polar surface area (TPSA) is 89.3 Å². The molecule has 1 aromatic carbocycles. The molecule has 128 valence electrons. The van der Waals surface area contributed by atoms with Crippen LogP contribution in [0.1, 0.15) is 29.8 Å². The summed E-state index contributed by atoms with van der Waals surface area (Å²) in [6.45, 7) is 5.63. The lowest BCUT2D eigenvalue weighted by Crippen LogP contribution is -2.18. The Balaban J connectivity index is 2.47. The fourth-order valence-corrected chi connectivity index (χ4v) is 2.22. The first kappa shape index (κ1) is 17.5. The molecule has 0 aliphatic rings. The van der Waals surface area contributed by atoms with Gasteiger partial charge in [-0.15, -0.1) is 0 Å². The van der Waals surface area contributed by atoms with E-state index in [0.29, 0.717) is 11.4 Å². The Hall–Kier alpha value is -2.83. The number of carbonyl (C=O) groups excluding carboxylic acids is 1. The Morgan fingerprint density at radius 2 is 1.96 bits per heavy atom. The number of aryl methyl sites for hydroxylation is 1. The fraction of sp³-hybridized carbons (Fsp3) is 0.294. The van der Waals surface area contributed by atoms with E-state index in [-0.39, 0.29) is 23.2 Å². The molecule has 1 aromatic heterocycles. The molecule has 0 spiro atoms. The Morgan fingerprint density at radius 1 is 1.25 bits per heavy atom. The van der Waals surface area contributed by atoms with E-state index in [1.54, 1.807) is 13.2 Å². The molecule has 7 heteroatoms. The van der Waals surface area contributed by atoms with Gasteiger partial charge in [0.25, 0.3) is 5.91 Å². The highest BCUT2D eigenvalue weighted by Gasteiger charge is 2.17. The highest BCUT2D eigenvalue weighted by molar-refractivity contribution is 5.98. The molecule has 0 saturated heterocycles. The van der Waals surface area contributed by atoms with Crippen LogP contribution in [0.5, 0.6) is 5.75 Å². The average Bonchev–Trinajstić information content (AvgIpc) is 2.48. The number of amides is 1. The van der Waals surface area contributed by atoms with Gasteiger partial charge in [-0.3, -0.25) is 4.79 Å². The standard InChI is InChI=1S/C17H21FN4O2/c1-9(2)20-17-14(18)8-13(15(19)23)16(22-17)21-11-5-10(3)6-12(7-11)24-4/h5-9H,1-4H3,(H2,19,23)(H2,20,21,22). The second kappa shape index (κ2) is 7.16. The number of nitrogens with one attached hydrogen (secondary N) is 2. The number of pyridine rings is 1. The summed E-state index contributed by atoms with van der Waals surface area (Å²) in [6.07, 6.45) is 0. The van der Waals surface area contributed by atoms with Gasteiger partial charge in [-0.1, -0.05) is 0 Å². The summed E-state index contributed by atoms with van der Waals surface area (Å²) >= 11 is 0. The van der Waals surface area contributed by atoms with E-state index in [4.69, 9.17) is 10.5 Å². The third kappa shape index (κ3) is 4.13. The Labute approximate surface area is 140 Å². The number of primary amides is 1. The van der Waals surface area contributed by atoms with Gasteiger partial charge < -0.3 is 21.1 Å². The maximum atomic E-state index is 14.1. The number of carbonyl (C=O) groups is 1. The molecule has 0 atom stereocenters. The summed E-state index contributed by atoms with van der Waals surface area (Å²) in [5.74, 6) is -0.512. The quantitative estimate of drug-likeness (QED) is 0.756. The molecular formula is C17H21FN4O2. The largest absolute Gasteiger partial charge is 0.497 e. The molecule has 1 amide bonds. The van der Waals surface area contributed by atoms with Gasteiger partial charge in [-0.2, -0.15) is 0 Å². The number of hydrogen-bond acceptors (Lipinski definition) is 5. The predicted molar refractivity (Wildman–Crippen MR) is 92.5 cm³/mol. The molecule has 0 unspecified atom stereocenters. The van der Waals surface area contributed by atoms with Crippen molar-refractivity contribution in [2.24, 2.45) is 5.73 Å². The molecule has 0 fully saturated rings. The van der Waals surface area contributed by atoms with E-state index in [0.717, 1.165) is 11.6 Å². The third-order valence-corrected chi connectivity index (χ3v) is 3.22. The number of anilines is 3. The number of nitrogens with two attached hydrogens (primary N) is 1. The second-order valence-corrected chi connectivity index (χ2v) is 5.74. The van der Waals surface area contributed by atoms with Crippen LogP contribution >= 0.6 is 0 Å². The van der Waals surface area contributed by atoms with Crippen molar-refractivity contribution in [3.63, 3.8) is 0 Å². The zero-order chi connectivity index (χ0) is 17.9. The summed E-state index contributed by atoms with van der Waals surface area (Å²) in [6, 6.07) is 6.53. The smallest absolute Gasteiger partial charge is 0.252 e. The van der Waals surface area contributed by atoms with Crippen molar-refractivity contribution >= 4 is 23.2 Å². The summed E-state index contributed by atoms with van der Waals surface area (Å²) < 4.78 is 19.3. The molecule has 24 heavy (non-hydrogen) atoms. The molecule has 0 saturated carbocycles. The van der Waals surface area contributed by atoms with Gasteiger partial charge in [0.15, 0.2) is 11.6 Å². The maximum absolute atomic E-state index is 14.1. The van der Waals surface area contributed by atoms with Crippen LogP contribution in [-0.4, -0.2) is 24.0 Å². The number of hydrogen-bond donors (Lipinski definition) is 3. The van der Waals surface area contributed by atoms with Crippen molar-refractivity contribution in [2.45, 2.75) is 26.8 Å². The number of rotatable bonds is 6. The Morgan fingerprint density at radius 3 is 2.54 bits per heavy atom. The highest BCUT2D eigenvalue weighted by Crippen LogP contribution is 2.27. The number of benzene rings is 1. The van der Waals surface area contributed by atoms with E-state index in [1.807, 2.05) is 32.9 Å². The highest BCUT2D eigenvalue weighted by atomic mass is 19.1. The molecular weight excluding hydrogens is 311 g/mol. The zero-order valence-corrected chi connectivity index (χ0v) is 14.1. The molecule has 0 radical (unpaired) electrons. The van der Waals surface area contributed by atoms with E-state index in [2.05, 4.69) is 15.6 Å². The van der Waals surface area contributed by atoms with Crippen molar-refractivity contribution in [1.82, 2.24) is 4.98 Å². The van der Waals surface area contributed by atoms with Gasteiger partial charge in [0.2, 0.25) is 0 Å². The predicted octanol–water partition coefficient (Wildman–Crippen LogP) is 3.20. The molecule has 1 heterocycles. The lowest BCUT2D eigenvalue weighted by molar-refractivity contribution is 0.100. The normalized spacial score (nSPS) is 10.6.